The molecule has 164 valence electrons. The number of fused-ring (bicyclic) bond motifs is 1. The Balaban J connectivity index is 1.55. The Hall–Kier alpha value is -2.12. The van der Waals surface area contributed by atoms with Gasteiger partial charge in [0.05, 0.1) is 6.10 Å². The molecule has 0 fully saturated rings. The molecule has 2 unspecified atom stereocenters. The average molecular weight is 415 g/mol. The number of aromatic hydroxyl groups is 1. The maximum Gasteiger partial charge on any atom is 0.119 e. The van der Waals surface area contributed by atoms with Gasteiger partial charge in [-0.15, -0.1) is 0 Å². The third-order valence-electron chi connectivity index (χ3n) is 5.68. The van der Waals surface area contributed by atoms with Crippen molar-refractivity contribution in [2.45, 2.75) is 37.8 Å². The van der Waals surface area contributed by atoms with Gasteiger partial charge in [-0.2, -0.15) is 0 Å². The van der Waals surface area contributed by atoms with Crippen LogP contribution < -0.4 is 10.1 Å². The Kier molecular flexibility index (Phi) is 8.10. The van der Waals surface area contributed by atoms with Crippen molar-refractivity contribution in [3.05, 3.63) is 58.7 Å². The van der Waals surface area contributed by atoms with Crippen molar-refractivity contribution >= 4 is 0 Å². The molecule has 0 saturated carbocycles. The Morgan fingerprint density at radius 1 is 1.17 bits per heavy atom. The van der Waals surface area contributed by atoms with Gasteiger partial charge in [-0.25, -0.2) is 0 Å². The summed E-state index contributed by atoms with van der Waals surface area (Å²) in [6, 6.07) is 11.8. The molecule has 3 rings (SSSR count). The summed E-state index contributed by atoms with van der Waals surface area (Å²) in [5.41, 5.74) is 4.09. The molecule has 1 aliphatic rings. The lowest BCUT2D eigenvalue weighted by molar-refractivity contribution is 0.168. The van der Waals surface area contributed by atoms with Crippen LogP contribution in [-0.2, 0) is 19.3 Å². The standard InChI is InChI=1S/C24H34N2O4/c1-26(2)10-12-30-22-7-4-17-3-6-21(14-20(17)15-22)25-16-24(29)18-5-8-23(28)19(13-18)9-11-27/h4-5,7-8,13,15,21,24-25,27-29H,3,6,9-12,14,16H2,1-2H3. The van der Waals surface area contributed by atoms with E-state index in [9.17, 15) is 10.2 Å². The van der Waals surface area contributed by atoms with Crippen LogP contribution in [0, 0.1) is 0 Å². The molecule has 2 aromatic rings. The number of aliphatic hydroxyl groups excluding tert-OH is 2. The summed E-state index contributed by atoms with van der Waals surface area (Å²) in [6.07, 6.45) is 2.67. The van der Waals surface area contributed by atoms with Gasteiger partial charge in [0.25, 0.3) is 0 Å². The molecule has 2 atom stereocenters. The minimum atomic E-state index is -0.662. The molecular weight excluding hydrogens is 380 g/mol. The molecule has 0 heterocycles. The molecular formula is C24H34N2O4. The number of hydrogen-bond donors (Lipinski definition) is 4. The van der Waals surface area contributed by atoms with Gasteiger partial charge in [-0.3, -0.25) is 0 Å². The lowest BCUT2D eigenvalue weighted by atomic mass is 9.88. The minimum Gasteiger partial charge on any atom is -0.508 e. The van der Waals surface area contributed by atoms with Crippen LogP contribution in [0.15, 0.2) is 36.4 Å². The van der Waals surface area contributed by atoms with Crippen molar-refractivity contribution in [3.8, 4) is 11.5 Å². The first-order chi connectivity index (χ1) is 14.5. The molecule has 0 amide bonds. The molecule has 6 heteroatoms. The molecule has 2 aromatic carbocycles. The Morgan fingerprint density at radius 3 is 2.77 bits per heavy atom. The monoisotopic (exact) mass is 414 g/mol. The molecule has 0 bridgehead atoms. The first-order valence-corrected chi connectivity index (χ1v) is 10.7. The maximum absolute atomic E-state index is 10.6. The normalized spacial score (nSPS) is 17.0. The molecule has 30 heavy (non-hydrogen) atoms. The van der Waals surface area contributed by atoms with Gasteiger partial charge in [0.1, 0.15) is 18.1 Å². The van der Waals surface area contributed by atoms with Crippen LogP contribution in [0.2, 0.25) is 0 Å². The Labute approximate surface area is 179 Å². The number of ether oxygens (including phenoxy) is 1. The first kappa shape index (κ1) is 22.6. The summed E-state index contributed by atoms with van der Waals surface area (Å²) in [6.45, 7) is 1.97. The van der Waals surface area contributed by atoms with E-state index in [4.69, 9.17) is 9.84 Å². The number of nitrogens with zero attached hydrogens (tertiary/aromatic N) is 1. The molecule has 0 aromatic heterocycles. The zero-order chi connectivity index (χ0) is 21.5. The van der Waals surface area contributed by atoms with Crippen LogP contribution in [-0.4, -0.2) is 66.7 Å². The van der Waals surface area contributed by atoms with E-state index in [-0.39, 0.29) is 12.4 Å². The van der Waals surface area contributed by atoms with Crippen molar-refractivity contribution < 1.29 is 20.1 Å². The zero-order valence-electron chi connectivity index (χ0n) is 18.0. The molecule has 4 N–H and O–H groups in total. The van der Waals surface area contributed by atoms with Crippen LogP contribution in [0.25, 0.3) is 0 Å². The van der Waals surface area contributed by atoms with Gasteiger partial charge < -0.3 is 30.3 Å². The lowest BCUT2D eigenvalue weighted by Crippen LogP contribution is -2.37. The smallest absolute Gasteiger partial charge is 0.119 e. The SMILES string of the molecule is CN(C)CCOc1ccc2c(c1)CC(NCC(O)c1ccc(O)c(CCO)c1)CC2. The highest BCUT2D eigenvalue weighted by atomic mass is 16.5. The predicted molar refractivity (Wildman–Crippen MR) is 118 cm³/mol. The predicted octanol–water partition coefficient (Wildman–Crippen LogP) is 2.05. The van der Waals surface area contributed by atoms with Crippen molar-refractivity contribution in [3.63, 3.8) is 0 Å². The molecule has 0 radical (unpaired) electrons. The van der Waals surface area contributed by atoms with Gasteiger partial charge in [0, 0.05) is 25.7 Å². The van der Waals surface area contributed by atoms with Crippen molar-refractivity contribution in [1.82, 2.24) is 10.2 Å². The topological polar surface area (TPSA) is 85.2 Å². The minimum absolute atomic E-state index is 0.0340. The number of hydrogen-bond acceptors (Lipinski definition) is 6. The van der Waals surface area contributed by atoms with E-state index < -0.39 is 6.10 Å². The second kappa shape index (κ2) is 10.8. The number of nitrogens with one attached hydrogen (secondary N) is 1. The molecule has 0 saturated heterocycles. The lowest BCUT2D eigenvalue weighted by Gasteiger charge is -2.27. The van der Waals surface area contributed by atoms with Gasteiger partial charge in [0.15, 0.2) is 0 Å². The van der Waals surface area contributed by atoms with E-state index in [2.05, 4.69) is 28.4 Å². The molecule has 0 aliphatic heterocycles. The van der Waals surface area contributed by atoms with Crippen molar-refractivity contribution in [2.75, 3.05) is 40.4 Å². The Bertz CT molecular complexity index is 825. The van der Waals surface area contributed by atoms with E-state index in [1.54, 1.807) is 18.2 Å². The fourth-order valence-electron chi connectivity index (χ4n) is 3.87. The summed E-state index contributed by atoms with van der Waals surface area (Å²) in [5, 5.41) is 33.1. The fraction of sp³-hybridized carbons (Fsp3) is 0.500. The van der Waals surface area contributed by atoms with E-state index in [1.165, 1.54) is 11.1 Å². The van der Waals surface area contributed by atoms with Crippen LogP contribution >= 0.6 is 0 Å². The van der Waals surface area contributed by atoms with Gasteiger partial charge in [-0.05, 0) is 86.3 Å². The summed E-state index contributed by atoms with van der Waals surface area (Å²) in [7, 11) is 4.07. The summed E-state index contributed by atoms with van der Waals surface area (Å²) < 4.78 is 5.87. The maximum atomic E-state index is 10.6. The third kappa shape index (κ3) is 6.19. The van der Waals surface area contributed by atoms with Crippen molar-refractivity contribution in [2.24, 2.45) is 0 Å². The van der Waals surface area contributed by atoms with Crippen LogP contribution in [0.1, 0.15) is 34.8 Å². The summed E-state index contributed by atoms with van der Waals surface area (Å²) in [5.74, 6) is 1.07. The number of aryl methyl sites for hydroxylation is 1. The van der Waals surface area contributed by atoms with E-state index in [0.29, 0.717) is 31.2 Å². The van der Waals surface area contributed by atoms with Crippen molar-refractivity contribution in [1.29, 1.82) is 0 Å². The second-order valence-electron chi connectivity index (χ2n) is 8.31. The highest BCUT2D eigenvalue weighted by Crippen LogP contribution is 2.27. The number of phenolic OH excluding ortho intramolecular Hbond substituents is 1. The van der Waals surface area contributed by atoms with E-state index in [1.807, 2.05) is 14.1 Å². The molecule has 0 spiro atoms. The molecule has 6 nitrogen and oxygen atoms in total. The van der Waals surface area contributed by atoms with Crippen LogP contribution in [0.5, 0.6) is 11.5 Å². The second-order valence-corrected chi connectivity index (χ2v) is 8.31. The number of aliphatic hydroxyl groups is 2. The average Bonchev–Trinajstić information content (AvgIpc) is 2.73. The Morgan fingerprint density at radius 2 is 2.00 bits per heavy atom. The highest BCUT2D eigenvalue weighted by molar-refractivity contribution is 5.39. The number of phenols is 1. The van der Waals surface area contributed by atoms with E-state index in [0.717, 1.165) is 37.1 Å². The summed E-state index contributed by atoms with van der Waals surface area (Å²) >= 11 is 0. The number of likely N-dealkylation sites (N-methyl/N-ethyl adjacent to an activating group) is 1. The van der Waals surface area contributed by atoms with Gasteiger partial charge in [0.2, 0.25) is 0 Å². The van der Waals surface area contributed by atoms with E-state index >= 15 is 0 Å². The third-order valence-corrected chi connectivity index (χ3v) is 5.68. The van der Waals surface area contributed by atoms with Gasteiger partial charge >= 0.3 is 0 Å². The van der Waals surface area contributed by atoms with Crippen LogP contribution in [0.4, 0.5) is 0 Å². The number of rotatable bonds is 10. The highest BCUT2D eigenvalue weighted by Gasteiger charge is 2.20. The quantitative estimate of drug-likeness (QED) is 0.476. The summed E-state index contributed by atoms with van der Waals surface area (Å²) in [4.78, 5) is 2.10. The zero-order valence-corrected chi connectivity index (χ0v) is 18.0. The number of benzene rings is 2. The fourth-order valence-corrected chi connectivity index (χ4v) is 3.87. The van der Waals surface area contributed by atoms with Crippen LogP contribution in [0.3, 0.4) is 0 Å². The van der Waals surface area contributed by atoms with Gasteiger partial charge in [-0.1, -0.05) is 12.1 Å². The first-order valence-electron chi connectivity index (χ1n) is 10.7. The molecule has 1 aliphatic carbocycles. The largest absolute Gasteiger partial charge is 0.508 e.